The van der Waals surface area contributed by atoms with E-state index in [-0.39, 0.29) is 6.23 Å². The highest BCUT2D eigenvalue weighted by atomic mass is 79.9. The van der Waals surface area contributed by atoms with Gasteiger partial charge in [-0.1, -0.05) is 52.3 Å². The first-order chi connectivity index (χ1) is 8.34. The van der Waals surface area contributed by atoms with Crippen molar-refractivity contribution in [2.24, 2.45) is 0 Å². The molecule has 3 heteroatoms. The maximum atomic E-state index is 5.83. The van der Waals surface area contributed by atoms with E-state index in [1.165, 1.54) is 5.56 Å². The lowest BCUT2D eigenvalue weighted by atomic mass is 10.1. The van der Waals surface area contributed by atoms with Crippen LogP contribution in [-0.4, -0.2) is 0 Å². The minimum absolute atomic E-state index is 0.0574. The molecule has 0 amide bonds. The van der Waals surface area contributed by atoms with E-state index < -0.39 is 0 Å². The first-order valence-electron chi connectivity index (χ1n) is 5.55. The van der Waals surface area contributed by atoms with Crippen LogP contribution in [0.2, 0.25) is 0 Å². The van der Waals surface area contributed by atoms with Crippen LogP contribution < -0.4 is 5.32 Å². The maximum Gasteiger partial charge on any atom is 0.154 e. The summed E-state index contributed by atoms with van der Waals surface area (Å²) in [6.07, 6.45) is -0.0574. The van der Waals surface area contributed by atoms with Gasteiger partial charge in [0.1, 0.15) is 0 Å². The van der Waals surface area contributed by atoms with E-state index >= 15 is 0 Å². The number of halogens is 1. The van der Waals surface area contributed by atoms with Gasteiger partial charge in [-0.05, 0) is 12.1 Å². The number of fused-ring (bicyclic) bond motifs is 1. The predicted molar refractivity (Wildman–Crippen MR) is 71.7 cm³/mol. The van der Waals surface area contributed by atoms with Gasteiger partial charge in [-0.15, -0.1) is 0 Å². The Balaban J connectivity index is 1.91. The largest absolute Gasteiger partial charge is 0.356 e. The summed E-state index contributed by atoms with van der Waals surface area (Å²) in [6.45, 7) is 0.628. The van der Waals surface area contributed by atoms with Gasteiger partial charge in [0.15, 0.2) is 6.23 Å². The maximum absolute atomic E-state index is 5.83. The molecule has 86 valence electrons. The summed E-state index contributed by atoms with van der Waals surface area (Å²) >= 11 is 3.54. The van der Waals surface area contributed by atoms with Crippen molar-refractivity contribution in [2.75, 3.05) is 5.32 Å². The number of benzene rings is 2. The molecule has 0 aliphatic carbocycles. The van der Waals surface area contributed by atoms with E-state index in [1.54, 1.807) is 0 Å². The van der Waals surface area contributed by atoms with Crippen molar-refractivity contribution >= 4 is 21.6 Å². The summed E-state index contributed by atoms with van der Waals surface area (Å²) in [6, 6.07) is 16.3. The van der Waals surface area contributed by atoms with E-state index in [9.17, 15) is 0 Å². The Bertz CT molecular complexity index is 527. The second-order valence-corrected chi connectivity index (χ2v) is 4.87. The average Bonchev–Trinajstić information content (AvgIpc) is 2.40. The lowest BCUT2D eigenvalue weighted by molar-refractivity contribution is 0.0503. The van der Waals surface area contributed by atoms with Crippen molar-refractivity contribution in [1.29, 1.82) is 0 Å². The zero-order chi connectivity index (χ0) is 11.7. The molecule has 1 heterocycles. The van der Waals surface area contributed by atoms with Crippen LogP contribution >= 0.6 is 15.9 Å². The molecule has 0 aromatic heterocycles. The Hall–Kier alpha value is -1.32. The number of anilines is 1. The lowest BCUT2D eigenvalue weighted by Gasteiger charge is -2.28. The molecular weight excluding hydrogens is 278 g/mol. The van der Waals surface area contributed by atoms with Crippen molar-refractivity contribution < 1.29 is 4.74 Å². The van der Waals surface area contributed by atoms with Gasteiger partial charge in [0, 0.05) is 21.3 Å². The molecule has 0 radical (unpaired) electrons. The van der Waals surface area contributed by atoms with Crippen LogP contribution in [-0.2, 0) is 11.3 Å². The van der Waals surface area contributed by atoms with Crippen molar-refractivity contribution in [3.8, 4) is 0 Å². The molecule has 1 N–H and O–H groups in total. The normalized spacial score (nSPS) is 18.3. The molecule has 0 spiro atoms. The molecule has 3 rings (SSSR count). The van der Waals surface area contributed by atoms with Gasteiger partial charge < -0.3 is 10.1 Å². The molecule has 2 aromatic rings. The molecule has 1 aliphatic heterocycles. The van der Waals surface area contributed by atoms with Gasteiger partial charge >= 0.3 is 0 Å². The highest BCUT2D eigenvalue weighted by Crippen LogP contribution is 2.34. The van der Waals surface area contributed by atoms with Crippen molar-refractivity contribution in [3.05, 3.63) is 64.1 Å². The van der Waals surface area contributed by atoms with Crippen LogP contribution in [0, 0.1) is 0 Å². The van der Waals surface area contributed by atoms with Gasteiger partial charge in [0.2, 0.25) is 0 Å². The van der Waals surface area contributed by atoms with E-state index in [0.29, 0.717) is 6.61 Å². The van der Waals surface area contributed by atoms with Crippen molar-refractivity contribution in [2.45, 2.75) is 12.8 Å². The Morgan fingerprint density at radius 2 is 1.88 bits per heavy atom. The van der Waals surface area contributed by atoms with Crippen LogP contribution in [0.1, 0.15) is 17.4 Å². The molecule has 2 nitrogen and oxygen atoms in total. The third-order valence-corrected chi connectivity index (χ3v) is 3.65. The summed E-state index contributed by atoms with van der Waals surface area (Å²) < 4.78 is 6.92. The van der Waals surface area contributed by atoms with Crippen LogP contribution in [0.3, 0.4) is 0 Å². The molecule has 1 aliphatic rings. The Morgan fingerprint density at radius 1 is 1.06 bits per heavy atom. The SMILES string of the molecule is Brc1cccc2c1COC(c1ccccc1)N2. The number of hydrogen-bond acceptors (Lipinski definition) is 2. The third kappa shape index (κ3) is 2.08. The Labute approximate surface area is 109 Å². The summed E-state index contributed by atoms with van der Waals surface area (Å²) in [5.41, 5.74) is 3.47. The Morgan fingerprint density at radius 3 is 2.71 bits per heavy atom. The fourth-order valence-corrected chi connectivity index (χ4v) is 2.48. The van der Waals surface area contributed by atoms with Crippen LogP contribution in [0.25, 0.3) is 0 Å². The fraction of sp³-hybridized carbons (Fsp3) is 0.143. The molecule has 0 fully saturated rings. The van der Waals surface area contributed by atoms with E-state index in [4.69, 9.17) is 4.74 Å². The molecule has 17 heavy (non-hydrogen) atoms. The average molecular weight is 290 g/mol. The van der Waals surface area contributed by atoms with Gasteiger partial charge in [0.25, 0.3) is 0 Å². The van der Waals surface area contributed by atoms with Crippen molar-refractivity contribution in [3.63, 3.8) is 0 Å². The minimum atomic E-state index is -0.0574. The molecule has 0 saturated heterocycles. The third-order valence-electron chi connectivity index (χ3n) is 2.90. The number of hydrogen-bond donors (Lipinski definition) is 1. The summed E-state index contributed by atoms with van der Waals surface area (Å²) in [7, 11) is 0. The molecule has 2 aromatic carbocycles. The van der Waals surface area contributed by atoms with Crippen LogP contribution in [0.5, 0.6) is 0 Å². The highest BCUT2D eigenvalue weighted by molar-refractivity contribution is 9.10. The smallest absolute Gasteiger partial charge is 0.154 e. The summed E-state index contributed by atoms with van der Waals surface area (Å²) in [4.78, 5) is 0. The van der Waals surface area contributed by atoms with Gasteiger partial charge in [-0.25, -0.2) is 0 Å². The van der Waals surface area contributed by atoms with E-state index in [2.05, 4.69) is 39.4 Å². The number of rotatable bonds is 1. The van der Waals surface area contributed by atoms with E-state index in [0.717, 1.165) is 15.7 Å². The topological polar surface area (TPSA) is 21.3 Å². The van der Waals surface area contributed by atoms with Gasteiger partial charge in [-0.3, -0.25) is 0 Å². The molecule has 0 bridgehead atoms. The molecule has 0 saturated carbocycles. The zero-order valence-corrected chi connectivity index (χ0v) is 10.8. The minimum Gasteiger partial charge on any atom is -0.356 e. The monoisotopic (exact) mass is 289 g/mol. The first-order valence-corrected chi connectivity index (χ1v) is 6.34. The number of nitrogens with one attached hydrogen (secondary N) is 1. The summed E-state index contributed by atoms with van der Waals surface area (Å²) in [5, 5.41) is 3.40. The standard InChI is InChI=1S/C14H12BrNO/c15-12-7-4-8-13-11(12)9-17-14(16-13)10-5-2-1-3-6-10/h1-8,14,16H,9H2. The Kier molecular flexibility index (Phi) is 2.87. The fourth-order valence-electron chi connectivity index (χ4n) is 2.00. The second kappa shape index (κ2) is 4.51. The van der Waals surface area contributed by atoms with Gasteiger partial charge in [-0.2, -0.15) is 0 Å². The summed E-state index contributed by atoms with van der Waals surface area (Å²) in [5.74, 6) is 0. The second-order valence-electron chi connectivity index (χ2n) is 4.01. The molecular formula is C14H12BrNO. The van der Waals surface area contributed by atoms with Gasteiger partial charge in [0.05, 0.1) is 6.61 Å². The van der Waals surface area contributed by atoms with E-state index in [1.807, 2.05) is 30.3 Å². The highest BCUT2D eigenvalue weighted by Gasteiger charge is 2.20. The molecule has 1 unspecified atom stereocenters. The first kappa shape index (κ1) is 10.8. The number of ether oxygens (including phenoxy) is 1. The van der Waals surface area contributed by atoms with Crippen LogP contribution in [0.4, 0.5) is 5.69 Å². The lowest BCUT2D eigenvalue weighted by Crippen LogP contribution is -2.20. The predicted octanol–water partition coefficient (Wildman–Crippen LogP) is 4.09. The van der Waals surface area contributed by atoms with Crippen molar-refractivity contribution in [1.82, 2.24) is 0 Å². The quantitative estimate of drug-likeness (QED) is 0.854. The molecule has 1 atom stereocenters. The van der Waals surface area contributed by atoms with Crippen LogP contribution in [0.15, 0.2) is 53.0 Å². The zero-order valence-electron chi connectivity index (χ0n) is 9.19.